The Morgan fingerprint density at radius 1 is 0.667 bits per heavy atom. The molecule has 5 rings (SSSR count). The van der Waals surface area contributed by atoms with Crippen molar-refractivity contribution in [3.8, 4) is 21.1 Å². The topological polar surface area (TPSA) is 56.3 Å². The van der Waals surface area contributed by atoms with Gasteiger partial charge in [-0.25, -0.2) is 0 Å². The summed E-state index contributed by atoms with van der Waals surface area (Å²) in [5.74, 6) is 0. The van der Waals surface area contributed by atoms with E-state index < -0.39 is 0 Å². The molecule has 0 atom stereocenters. The van der Waals surface area contributed by atoms with Crippen LogP contribution in [0.15, 0.2) is 82.1 Å². The van der Waals surface area contributed by atoms with E-state index in [0.29, 0.717) is 0 Å². The van der Waals surface area contributed by atoms with Gasteiger partial charge in [0.25, 0.3) is 0 Å². The van der Waals surface area contributed by atoms with Gasteiger partial charge in [0.2, 0.25) is 0 Å². The van der Waals surface area contributed by atoms with E-state index in [1.807, 2.05) is 36.5 Å². The van der Waals surface area contributed by atoms with Gasteiger partial charge in [-0.05, 0) is 72.9 Å². The maximum Gasteiger partial charge on any atom is 0.0650 e. The Bertz CT molecular complexity index is 1060. The van der Waals surface area contributed by atoms with Crippen LogP contribution in [0.25, 0.3) is 33.3 Å². The summed E-state index contributed by atoms with van der Waals surface area (Å²) < 4.78 is 0. The van der Waals surface area contributed by atoms with Crippen molar-refractivity contribution in [2.75, 3.05) is 0 Å². The first-order valence-electron chi connectivity index (χ1n) is 8.67. The number of hydrogen-bond acceptors (Lipinski definition) is 3. The van der Waals surface area contributed by atoms with Crippen LogP contribution in [0, 0.1) is 0 Å². The van der Waals surface area contributed by atoms with Gasteiger partial charge in [0, 0.05) is 23.8 Å². The van der Waals surface area contributed by atoms with Crippen LogP contribution >= 0.6 is 11.3 Å². The van der Waals surface area contributed by atoms with E-state index in [1.165, 1.54) is 9.75 Å². The average molecular weight is 368 g/mol. The summed E-state index contributed by atoms with van der Waals surface area (Å²) in [5, 5.41) is 0. The van der Waals surface area contributed by atoms with Crippen LogP contribution in [0.5, 0.6) is 0 Å². The predicted molar refractivity (Wildman–Crippen MR) is 115 cm³/mol. The van der Waals surface area contributed by atoms with E-state index in [-0.39, 0.29) is 0 Å². The van der Waals surface area contributed by atoms with Gasteiger partial charge in [0.05, 0.1) is 32.5 Å². The van der Waals surface area contributed by atoms with E-state index in [4.69, 9.17) is 0 Å². The van der Waals surface area contributed by atoms with Crippen molar-refractivity contribution < 1.29 is 0 Å². The van der Waals surface area contributed by atoms with Crippen molar-refractivity contribution in [2.45, 2.75) is 0 Å². The number of hydrogen-bond donors (Lipinski definition) is 2. The molecule has 4 nitrogen and oxygen atoms in total. The molecule has 5 heterocycles. The summed E-state index contributed by atoms with van der Waals surface area (Å²) in [7, 11) is 0. The number of rotatable bonds is 4. The normalized spacial score (nSPS) is 17.9. The van der Waals surface area contributed by atoms with Gasteiger partial charge in [-0.3, -0.25) is 9.98 Å². The van der Waals surface area contributed by atoms with Crippen LogP contribution in [-0.2, 0) is 0 Å². The zero-order chi connectivity index (χ0) is 18.1. The number of thiophene rings is 1. The van der Waals surface area contributed by atoms with E-state index in [9.17, 15) is 0 Å². The zero-order valence-electron chi connectivity index (χ0n) is 14.4. The summed E-state index contributed by atoms with van der Waals surface area (Å²) in [5.41, 5.74) is 6.26. The van der Waals surface area contributed by atoms with E-state index >= 15 is 0 Å². The van der Waals surface area contributed by atoms with Gasteiger partial charge in [0.15, 0.2) is 0 Å². The number of aromatic nitrogens is 2. The molecule has 3 aromatic heterocycles. The largest absolute Gasteiger partial charge is 0.354 e. The maximum absolute atomic E-state index is 4.28. The fraction of sp³-hybridized carbons (Fsp3) is 0. The average Bonchev–Trinajstić information content (AvgIpc) is 3.47. The lowest BCUT2D eigenvalue weighted by atomic mass is 10.3. The molecule has 0 saturated carbocycles. The molecular weight excluding hydrogens is 352 g/mol. The molecule has 130 valence electrons. The Kier molecular flexibility index (Phi) is 3.92. The van der Waals surface area contributed by atoms with Gasteiger partial charge in [-0.2, -0.15) is 0 Å². The smallest absolute Gasteiger partial charge is 0.0650 e. The number of nitrogens with zero attached hydrogens (tertiary/aromatic N) is 2. The second-order valence-electron chi connectivity index (χ2n) is 6.23. The SMILES string of the molecule is C1=C/C(=C/c2ccc(-c3ccc(-c4ccc(/C=C5\C=CC=N5)[nH]4)s3)[nH]2)N=C1. The molecule has 0 spiro atoms. The molecule has 2 aliphatic rings. The molecule has 2 N–H and O–H groups in total. The first-order valence-corrected chi connectivity index (χ1v) is 9.49. The summed E-state index contributed by atoms with van der Waals surface area (Å²) in [6.45, 7) is 0. The second-order valence-corrected chi connectivity index (χ2v) is 7.32. The highest BCUT2D eigenvalue weighted by Crippen LogP contribution is 2.34. The number of aromatic amines is 2. The second kappa shape index (κ2) is 6.70. The quantitative estimate of drug-likeness (QED) is 0.593. The molecule has 0 saturated heterocycles. The zero-order valence-corrected chi connectivity index (χ0v) is 15.2. The van der Waals surface area contributed by atoms with Crippen LogP contribution in [0.1, 0.15) is 11.4 Å². The van der Waals surface area contributed by atoms with Crippen molar-refractivity contribution in [3.63, 3.8) is 0 Å². The maximum atomic E-state index is 4.28. The predicted octanol–water partition coefficient (Wildman–Crippen LogP) is 5.70. The fourth-order valence-electron chi connectivity index (χ4n) is 3.02. The first-order chi connectivity index (χ1) is 13.3. The molecule has 0 fully saturated rings. The molecule has 0 unspecified atom stereocenters. The van der Waals surface area contributed by atoms with Crippen LogP contribution in [0.2, 0.25) is 0 Å². The van der Waals surface area contributed by atoms with Crippen molar-refractivity contribution in [1.82, 2.24) is 9.97 Å². The van der Waals surface area contributed by atoms with E-state index in [2.05, 4.69) is 56.4 Å². The minimum atomic E-state index is 0.963. The Hall–Kier alpha value is -3.44. The van der Waals surface area contributed by atoms with Crippen LogP contribution in [0.3, 0.4) is 0 Å². The van der Waals surface area contributed by atoms with Gasteiger partial charge in [-0.1, -0.05) is 0 Å². The minimum Gasteiger partial charge on any atom is -0.354 e. The van der Waals surface area contributed by atoms with Gasteiger partial charge in [-0.15, -0.1) is 11.3 Å². The Balaban J connectivity index is 1.37. The first kappa shape index (κ1) is 15.8. The van der Waals surface area contributed by atoms with E-state index in [1.54, 1.807) is 23.8 Å². The van der Waals surface area contributed by atoms with E-state index in [0.717, 1.165) is 34.2 Å². The molecule has 3 aromatic rings. The molecular formula is C22H16N4S. The lowest BCUT2D eigenvalue weighted by molar-refractivity contribution is 1.36. The highest BCUT2D eigenvalue weighted by molar-refractivity contribution is 7.18. The highest BCUT2D eigenvalue weighted by atomic mass is 32.1. The minimum absolute atomic E-state index is 0.963. The standard InChI is InChI=1S/C22H16N4S/c1-3-15(23-11-1)13-17-5-7-19(25-17)21-9-10-22(27-21)20-8-6-18(26-20)14-16-4-2-12-24-16/h1-14,25-26H/b15-13-,16-14+. The van der Waals surface area contributed by atoms with Gasteiger partial charge < -0.3 is 9.97 Å². The molecule has 0 radical (unpaired) electrons. The molecule has 0 aromatic carbocycles. The van der Waals surface area contributed by atoms with Crippen LogP contribution in [0.4, 0.5) is 0 Å². The van der Waals surface area contributed by atoms with Crippen LogP contribution < -0.4 is 0 Å². The van der Waals surface area contributed by atoms with Gasteiger partial charge in [0.1, 0.15) is 0 Å². The van der Waals surface area contributed by atoms with Gasteiger partial charge >= 0.3 is 0 Å². The Morgan fingerprint density at radius 3 is 1.63 bits per heavy atom. The molecule has 2 aliphatic heterocycles. The molecule has 0 aliphatic carbocycles. The molecule has 27 heavy (non-hydrogen) atoms. The number of aliphatic imine (C=N–C) groups is 2. The lowest BCUT2D eigenvalue weighted by Gasteiger charge is -1.94. The molecule has 0 amide bonds. The van der Waals surface area contributed by atoms with Crippen molar-refractivity contribution in [1.29, 1.82) is 0 Å². The molecule has 5 heteroatoms. The number of nitrogens with one attached hydrogen (secondary N) is 2. The highest BCUT2D eigenvalue weighted by Gasteiger charge is 2.09. The lowest BCUT2D eigenvalue weighted by Crippen LogP contribution is -1.75. The number of allylic oxidation sites excluding steroid dienone is 4. The molecule has 0 bridgehead atoms. The third-order valence-corrected chi connectivity index (χ3v) is 5.47. The monoisotopic (exact) mass is 368 g/mol. The Labute approximate surface area is 160 Å². The summed E-state index contributed by atoms with van der Waals surface area (Å²) >= 11 is 1.76. The third-order valence-electron chi connectivity index (χ3n) is 4.31. The summed E-state index contributed by atoms with van der Waals surface area (Å²) in [4.78, 5) is 17.9. The summed E-state index contributed by atoms with van der Waals surface area (Å²) in [6, 6.07) is 12.7. The third kappa shape index (κ3) is 3.32. The number of H-pyrrole nitrogens is 2. The summed E-state index contributed by atoms with van der Waals surface area (Å²) in [6.07, 6.45) is 15.6. The van der Waals surface area contributed by atoms with Crippen LogP contribution in [-0.4, -0.2) is 22.4 Å². The Morgan fingerprint density at radius 2 is 1.19 bits per heavy atom. The van der Waals surface area contributed by atoms with Crippen molar-refractivity contribution >= 4 is 35.9 Å². The fourth-order valence-corrected chi connectivity index (χ4v) is 3.99. The van der Waals surface area contributed by atoms with Crippen molar-refractivity contribution in [2.24, 2.45) is 9.98 Å². The van der Waals surface area contributed by atoms with Crippen molar-refractivity contribution in [3.05, 3.63) is 83.5 Å².